The van der Waals surface area contributed by atoms with Gasteiger partial charge in [0.1, 0.15) is 11.5 Å². The summed E-state index contributed by atoms with van der Waals surface area (Å²) in [6, 6.07) is 12.7. The second kappa shape index (κ2) is 14.3. The fourth-order valence-corrected chi connectivity index (χ4v) is 4.41. The van der Waals surface area contributed by atoms with Gasteiger partial charge in [0.25, 0.3) is 5.91 Å². The van der Waals surface area contributed by atoms with Crippen molar-refractivity contribution in [1.29, 1.82) is 5.41 Å². The number of amidine groups is 1. The van der Waals surface area contributed by atoms with Gasteiger partial charge >= 0.3 is 11.9 Å². The third-order valence-electron chi connectivity index (χ3n) is 7.04. The number of rotatable bonds is 14. The zero-order valence-corrected chi connectivity index (χ0v) is 23.9. The molecule has 0 saturated heterocycles. The molecule has 1 amide bonds. The Labute approximate surface area is 253 Å². The summed E-state index contributed by atoms with van der Waals surface area (Å²) in [5.41, 5.74) is 13.1. The number of ketones is 1. The maximum Gasteiger partial charge on any atom is 0.360 e. The van der Waals surface area contributed by atoms with Crippen LogP contribution >= 0.6 is 0 Å². The third-order valence-corrected chi connectivity index (χ3v) is 7.04. The van der Waals surface area contributed by atoms with Crippen LogP contribution in [0, 0.1) is 11.3 Å². The number of aliphatic hydroxyl groups excluding tert-OH is 1. The summed E-state index contributed by atoms with van der Waals surface area (Å²) < 4.78 is 9.89. The summed E-state index contributed by atoms with van der Waals surface area (Å²) in [6.07, 6.45) is 3.51. The molecular weight excluding hydrogens is 566 g/mol. The summed E-state index contributed by atoms with van der Waals surface area (Å²) in [4.78, 5) is 55.6. The molecule has 0 radical (unpaired) electrons. The fourth-order valence-electron chi connectivity index (χ4n) is 4.41. The lowest BCUT2D eigenvalue weighted by atomic mass is 9.89. The minimum atomic E-state index is -1.02. The van der Waals surface area contributed by atoms with Crippen molar-refractivity contribution >= 4 is 35.5 Å². The molecule has 0 aliphatic heterocycles. The Kier molecular flexibility index (Phi) is 10.3. The molecule has 1 saturated carbocycles. The zero-order valence-electron chi connectivity index (χ0n) is 23.9. The molecule has 7 N–H and O–H groups in total. The van der Waals surface area contributed by atoms with Crippen molar-refractivity contribution in [3.63, 3.8) is 0 Å². The normalized spacial score (nSPS) is 12.2. The van der Waals surface area contributed by atoms with E-state index in [9.17, 15) is 24.3 Å². The van der Waals surface area contributed by atoms with Crippen LogP contribution in [0.3, 0.4) is 0 Å². The van der Waals surface area contributed by atoms with Crippen LogP contribution in [0.2, 0.25) is 0 Å². The van der Waals surface area contributed by atoms with Crippen LogP contribution in [0.25, 0.3) is 17.2 Å². The second-order valence-corrected chi connectivity index (χ2v) is 10.2. The van der Waals surface area contributed by atoms with E-state index in [0.29, 0.717) is 34.7 Å². The zero-order chi connectivity index (χ0) is 31.8. The minimum Gasteiger partial charge on any atom is -0.427 e. The number of amides is 1. The van der Waals surface area contributed by atoms with Gasteiger partial charge in [-0.25, -0.2) is 9.78 Å². The van der Waals surface area contributed by atoms with Gasteiger partial charge in [0.2, 0.25) is 6.79 Å². The van der Waals surface area contributed by atoms with Crippen molar-refractivity contribution in [2.75, 3.05) is 19.9 Å². The van der Waals surface area contributed by atoms with Gasteiger partial charge in [0, 0.05) is 29.7 Å². The molecule has 44 heavy (non-hydrogen) atoms. The number of Topliss-reactive ketones (excluding diaryl/α,β-unsaturated/α-hetero) is 1. The summed E-state index contributed by atoms with van der Waals surface area (Å²) in [7, 11) is 0. The number of carbonyl (C=O) groups excluding carboxylic acids is 4. The lowest BCUT2D eigenvalue weighted by molar-refractivity contribution is -0.150. The monoisotopic (exact) mass is 599 g/mol. The molecule has 1 fully saturated rings. The first-order chi connectivity index (χ1) is 21.1. The van der Waals surface area contributed by atoms with E-state index in [1.54, 1.807) is 36.4 Å². The molecular formula is C32H33N5O7. The molecule has 1 aliphatic rings. The standard InChI is InChI=1S/C32H33N5O7/c1-2-20-12-25(27(39)11-18-5-7-21(8-6-18)30(34)35)24(13-22(20)16-38)23-9-10-26(31(41)36-15-19-3-4-19)37-29(23)32(42)44-17-43-28(40)14-33/h2,5-10,12-13,19,38H,1,3-4,11,14-17,33H2,(H3,34,35)(H,36,41). The first-order valence-corrected chi connectivity index (χ1v) is 13.8. The van der Waals surface area contributed by atoms with Gasteiger partial charge in [-0.1, -0.05) is 36.9 Å². The number of nitrogen functional groups attached to an aromatic ring is 1. The third kappa shape index (κ3) is 7.79. The Morgan fingerprint density at radius 1 is 1.07 bits per heavy atom. The number of hydrogen-bond acceptors (Lipinski definition) is 10. The molecule has 1 aliphatic carbocycles. The number of ether oxygens (including phenoxy) is 2. The van der Waals surface area contributed by atoms with Crippen molar-refractivity contribution in [2.24, 2.45) is 17.4 Å². The SMILES string of the molecule is C=Cc1cc(C(=O)Cc2ccc(C(=N)N)cc2)c(-c2ccc(C(=O)NCC3CC3)nc2C(=O)OCOC(=O)CN)cc1CO. The van der Waals surface area contributed by atoms with E-state index in [2.05, 4.69) is 16.9 Å². The summed E-state index contributed by atoms with van der Waals surface area (Å²) in [5, 5.41) is 20.5. The molecule has 1 heterocycles. The lowest BCUT2D eigenvalue weighted by Gasteiger charge is -2.17. The maximum atomic E-state index is 13.8. The Bertz CT molecular complexity index is 1610. The number of carbonyl (C=O) groups is 4. The number of aromatic nitrogens is 1. The lowest BCUT2D eigenvalue weighted by Crippen LogP contribution is -2.27. The Hall–Kier alpha value is -5.20. The van der Waals surface area contributed by atoms with Gasteiger partial charge in [-0.15, -0.1) is 0 Å². The highest BCUT2D eigenvalue weighted by molar-refractivity contribution is 6.07. The molecule has 0 bridgehead atoms. The summed E-state index contributed by atoms with van der Waals surface area (Å²) in [5.74, 6) is -2.32. The number of nitrogens with zero attached hydrogens (tertiary/aromatic N) is 1. The average molecular weight is 600 g/mol. The Morgan fingerprint density at radius 2 is 1.80 bits per heavy atom. The quantitative estimate of drug-likeness (QED) is 0.0601. The number of pyridine rings is 1. The predicted octanol–water partition coefficient (Wildman–Crippen LogP) is 2.35. The number of aliphatic hydroxyl groups is 1. The molecule has 0 unspecified atom stereocenters. The first-order valence-electron chi connectivity index (χ1n) is 13.8. The molecule has 0 spiro atoms. The van der Waals surface area contributed by atoms with Crippen LogP contribution in [0.4, 0.5) is 0 Å². The second-order valence-electron chi connectivity index (χ2n) is 10.2. The molecule has 0 atom stereocenters. The van der Waals surface area contributed by atoms with Gasteiger partial charge in [0.15, 0.2) is 11.5 Å². The van der Waals surface area contributed by atoms with Crippen LogP contribution in [0.15, 0.2) is 55.1 Å². The molecule has 3 aromatic rings. The predicted molar refractivity (Wildman–Crippen MR) is 162 cm³/mol. The highest BCUT2D eigenvalue weighted by Crippen LogP contribution is 2.32. The van der Waals surface area contributed by atoms with Crippen molar-refractivity contribution < 1.29 is 33.8 Å². The fraction of sp³-hybridized carbons (Fsp3) is 0.250. The van der Waals surface area contributed by atoms with Crippen LogP contribution < -0.4 is 16.8 Å². The van der Waals surface area contributed by atoms with E-state index >= 15 is 0 Å². The molecule has 2 aromatic carbocycles. The van der Waals surface area contributed by atoms with Crippen LogP contribution in [0.1, 0.15) is 66.4 Å². The van der Waals surface area contributed by atoms with Gasteiger partial charge in [-0.3, -0.25) is 19.8 Å². The highest BCUT2D eigenvalue weighted by Gasteiger charge is 2.26. The van der Waals surface area contributed by atoms with E-state index in [4.69, 9.17) is 26.4 Å². The number of nitrogens with one attached hydrogen (secondary N) is 2. The largest absolute Gasteiger partial charge is 0.427 e. The van der Waals surface area contributed by atoms with E-state index in [1.165, 1.54) is 18.2 Å². The molecule has 228 valence electrons. The number of esters is 2. The first kappa shape index (κ1) is 31.7. The number of hydrogen-bond donors (Lipinski definition) is 5. The van der Waals surface area contributed by atoms with Crippen molar-refractivity contribution in [3.05, 3.63) is 94.3 Å². The van der Waals surface area contributed by atoms with Crippen molar-refractivity contribution in [2.45, 2.75) is 25.9 Å². The molecule has 12 heteroatoms. The maximum absolute atomic E-state index is 13.8. The average Bonchev–Trinajstić information content (AvgIpc) is 3.87. The summed E-state index contributed by atoms with van der Waals surface area (Å²) in [6.45, 7) is 2.71. The van der Waals surface area contributed by atoms with E-state index < -0.39 is 31.2 Å². The topological polar surface area (TPSA) is 208 Å². The molecule has 4 rings (SSSR count). The van der Waals surface area contributed by atoms with Gasteiger partial charge in [0.05, 0.1) is 13.2 Å². The minimum absolute atomic E-state index is 0.0376. The van der Waals surface area contributed by atoms with E-state index in [1.807, 2.05) is 0 Å². The van der Waals surface area contributed by atoms with Crippen LogP contribution in [0.5, 0.6) is 0 Å². The number of nitrogens with two attached hydrogens (primary N) is 2. The molecule has 12 nitrogen and oxygen atoms in total. The number of benzene rings is 2. The highest BCUT2D eigenvalue weighted by atomic mass is 16.7. The van der Waals surface area contributed by atoms with Crippen molar-refractivity contribution in [1.82, 2.24) is 10.3 Å². The Morgan fingerprint density at radius 3 is 2.41 bits per heavy atom. The molecule has 1 aromatic heterocycles. The van der Waals surface area contributed by atoms with E-state index in [0.717, 1.165) is 12.8 Å². The van der Waals surface area contributed by atoms with Gasteiger partial charge in [-0.2, -0.15) is 0 Å². The van der Waals surface area contributed by atoms with Crippen molar-refractivity contribution in [3.8, 4) is 11.1 Å². The van der Waals surface area contributed by atoms with Crippen LogP contribution in [-0.2, 0) is 27.3 Å². The summed E-state index contributed by atoms with van der Waals surface area (Å²) >= 11 is 0. The Balaban J connectivity index is 1.77. The van der Waals surface area contributed by atoms with Crippen LogP contribution in [-0.4, -0.2) is 59.4 Å². The van der Waals surface area contributed by atoms with Gasteiger partial charge in [-0.05, 0) is 65.3 Å². The van der Waals surface area contributed by atoms with Gasteiger partial charge < -0.3 is 31.4 Å². The smallest absolute Gasteiger partial charge is 0.360 e. The van der Waals surface area contributed by atoms with E-state index in [-0.39, 0.29) is 52.7 Å².